The second kappa shape index (κ2) is 7.35. The standard InChI is InChI=1S/C18H13ClN4O6S/c1-28-10-2-4-12(5-3-10)30(26,27)16-7-15-14(6-13(16)19)21-17(22-15)23-9-11(8-20-23)29-18(24)25/h2-9H,1H3,(H,21,22)(H,24,25). The molecule has 30 heavy (non-hydrogen) atoms. The van der Waals surface area contributed by atoms with Gasteiger partial charge in [-0.25, -0.2) is 22.9 Å². The predicted molar refractivity (Wildman–Crippen MR) is 105 cm³/mol. The Morgan fingerprint density at radius 2 is 1.93 bits per heavy atom. The van der Waals surface area contributed by atoms with Crippen LogP contribution in [0.25, 0.3) is 17.0 Å². The molecule has 0 aliphatic carbocycles. The van der Waals surface area contributed by atoms with Crippen molar-refractivity contribution in [3.05, 3.63) is 53.8 Å². The zero-order valence-electron chi connectivity index (χ0n) is 15.2. The highest BCUT2D eigenvalue weighted by atomic mass is 35.5. The summed E-state index contributed by atoms with van der Waals surface area (Å²) in [6, 6.07) is 8.75. The molecule has 4 aromatic rings. The predicted octanol–water partition coefficient (Wildman–Crippen LogP) is 3.30. The topological polar surface area (TPSA) is 136 Å². The Kier molecular flexibility index (Phi) is 4.84. The number of nitrogens with one attached hydrogen (secondary N) is 1. The molecule has 0 aliphatic rings. The highest BCUT2D eigenvalue weighted by Gasteiger charge is 2.23. The summed E-state index contributed by atoms with van der Waals surface area (Å²) in [5.41, 5.74) is 0.803. The summed E-state index contributed by atoms with van der Waals surface area (Å²) < 4.78 is 36.9. The fraction of sp³-hybridized carbons (Fsp3) is 0.0556. The Hall–Kier alpha value is -3.57. The Morgan fingerprint density at radius 3 is 2.60 bits per heavy atom. The van der Waals surface area contributed by atoms with Crippen molar-refractivity contribution in [2.45, 2.75) is 9.79 Å². The number of aromatic nitrogens is 4. The molecule has 2 aromatic heterocycles. The van der Waals surface area contributed by atoms with E-state index < -0.39 is 16.0 Å². The Labute approximate surface area is 174 Å². The maximum Gasteiger partial charge on any atom is 0.511 e. The zero-order chi connectivity index (χ0) is 21.5. The summed E-state index contributed by atoms with van der Waals surface area (Å²) >= 11 is 6.25. The molecule has 0 atom stereocenters. The number of ether oxygens (including phenoxy) is 2. The number of nitrogens with zero attached hydrogens (tertiary/aromatic N) is 3. The first-order chi connectivity index (χ1) is 14.3. The number of H-pyrrole nitrogens is 1. The van der Waals surface area contributed by atoms with Gasteiger partial charge in [-0.1, -0.05) is 11.6 Å². The molecule has 0 saturated heterocycles. The van der Waals surface area contributed by atoms with Crippen molar-refractivity contribution >= 4 is 38.6 Å². The fourth-order valence-electron chi connectivity index (χ4n) is 2.77. The maximum absolute atomic E-state index is 13.0. The minimum atomic E-state index is -3.89. The number of carboxylic acid groups (broad SMARTS) is 1. The van der Waals surface area contributed by atoms with Gasteiger partial charge in [-0.3, -0.25) is 0 Å². The van der Waals surface area contributed by atoms with Crippen molar-refractivity contribution in [3.8, 4) is 17.4 Å². The van der Waals surface area contributed by atoms with Crippen LogP contribution in [0.3, 0.4) is 0 Å². The third-order valence-corrected chi connectivity index (χ3v) is 6.40. The Morgan fingerprint density at radius 1 is 1.20 bits per heavy atom. The number of imidazole rings is 1. The lowest BCUT2D eigenvalue weighted by Gasteiger charge is -2.07. The van der Waals surface area contributed by atoms with Crippen molar-refractivity contribution in [1.29, 1.82) is 0 Å². The van der Waals surface area contributed by atoms with Crippen LogP contribution < -0.4 is 9.47 Å². The molecule has 0 fully saturated rings. The molecule has 154 valence electrons. The lowest BCUT2D eigenvalue weighted by atomic mass is 10.3. The van der Waals surface area contributed by atoms with E-state index in [2.05, 4.69) is 19.8 Å². The number of sulfone groups is 1. The lowest BCUT2D eigenvalue weighted by Crippen LogP contribution is -2.03. The summed E-state index contributed by atoms with van der Waals surface area (Å²) in [5.74, 6) is 0.753. The maximum atomic E-state index is 13.0. The van der Waals surface area contributed by atoms with Gasteiger partial charge < -0.3 is 19.6 Å². The summed E-state index contributed by atoms with van der Waals surface area (Å²) in [5, 5.41) is 12.6. The van der Waals surface area contributed by atoms with Gasteiger partial charge in [0.05, 0.1) is 45.4 Å². The summed E-state index contributed by atoms with van der Waals surface area (Å²) in [6.45, 7) is 0. The van der Waals surface area contributed by atoms with Crippen LogP contribution in [0.5, 0.6) is 11.5 Å². The van der Waals surface area contributed by atoms with E-state index in [0.29, 0.717) is 16.8 Å². The van der Waals surface area contributed by atoms with E-state index >= 15 is 0 Å². The molecule has 2 heterocycles. The van der Waals surface area contributed by atoms with Crippen LogP contribution in [0.2, 0.25) is 5.02 Å². The molecule has 4 rings (SSSR count). The number of hydrogen-bond acceptors (Lipinski definition) is 7. The van der Waals surface area contributed by atoms with Crippen LogP contribution in [0.1, 0.15) is 0 Å². The first-order valence-corrected chi connectivity index (χ1v) is 10.2. The number of rotatable bonds is 5. The van der Waals surface area contributed by atoms with Crippen molar-refractivity contribution in [2.75, 3.05) is 7.11 Å². The molecule has 0 aliphatic heterocycles. The molecular formula is C18H13ClN4O6S. The number of fused-ring (bicyclic) bond motifs is 1. The Balaban J connectivity index is 1.74. The summed E-state index contributed by atoms with van der Waals surface area (Å²) in [6.07, 6.45) is 1.04. The van der Waals surface area contributed by atoms with Gasteiger partial charge in [-0.05, 0) is 36.4 Å². The van der Waals surface area contributed by atoms with E-state index in [1.54, 1.807) is 12.1 Å². The fourth-order valence-corrected chi connectivity index (χ4v) is 4.57. The molecule has 0 amide bonds. The number of carbonyl (C=O) groups is 1. The van der Waals surface area contributed by atoms with Gasteiger partial charge in [0, 0.05) is 0 Å². The Bertz CT molecular complexity index is 1360. The van der Waals surface area contributed by atoms with Gasteiger partial charge in [0.15, 0.2) is 5.75 Å². The largest absolute Gasteiger partial charge is 0.511 e. The monoisotopic (exact) mass is 448 g/mol. The molecule has 2 N–H and O–H groups in total. The van der Waals surface area contributed by atoms with Gasteiger partial charge >= 0.3 is 6.16 Å². The number of methoxy groups -OCH3 is 1. The van der Waals surface area contributed by atoms with Gasteiger partial charge in [0.25, 0.3) is 0 Å². The molecule has 0 bridgehead atoms. The van der Waals surface area contributed by atoms with Crippen molar-refractivity contribution in [2.24, 2.45) is 0 Å². The van der Waals surface area contributed by atoms with Crippen molar-refractivity contribution in [1.82, 2.24) is 19.7 Å². The van der Waals surface area contributed by atoms with E-state index in [0.717, 1.165) is 0 Å². The molecule has 12 heteroatoms. The second-order valence-corrected chi connectivity index (χ2v) is 8.35. The first-order valence-electron chi connectivity index (χ1n) is 8.32. The normalized spacial score (nSPS) is 11.5. The first kappa shape index (κ1) is 19.7. The van der Waals surface area contributed by atoms with Gasteiger partial charge in [0.1, 0.15) is 5.75 Å². The minimum Gasteiger partial charge on any atom is -0.497 e. The van der Waals surface area contributed by atoms with E-state index in [-0.39, 0.29) is 26.5 Å². The van der Waals surface area contributed by atoms with Crippen molar-refractivity contribution < 1.29 is 27.8 Å². The molecule has 0 unspecified atom stereocenters. The van der Waals surface area contributed by atoms with Gasteiger partial charge in [-0.15, -0.1) is 0 Å². The molecule has 0 spiro atoms. The number of halogens is 1. The van der Waals surface area contributed by atoms with E-state index in [1.165, 1.54) is 48.5 Å². The highest BCUT2D eigenvalue weighted by Crippen LogP contribution is 2.32. The average Bonchev–Trinajstić information content (AvgIpc) is 3.33. The van der Waals surface area contributed by atoms with Crippen LogP contribution in [0.4, 0.5) is 4.79 Å². The third-order valence-electron chi connectivity index (χ3n) is 4.16. The summed E-state index contributed by atoms with van der Waals surface area (Å²) in [4.78, 5) is 17.8. The molecule has 0 radical (unpaired) electrons. The van der Waals surface area contributed by atoms with Gasteiger partial charge in [-0.2, -0.15) is 5.10 Å². The lowest BCUT2D eigenvalue weighted by molar-refractivity contribution is 0.144. The average molecular weight is 449 g/mol. The van der Waals surface area contributed by atoms with E-state index in [1.807, 2.05) is 0 Å². The molecular weight excluding hydrogens is 436 g/mol. The SMILES string of the molecule is COc1ccc(S(=O)(=O)c2cc3[nH]c(-n4cc(OC(=O)O)cn4)nc3cc2Cl)cc1. The van der Waals surface area contributed by atoms with Crippen LogP contribution in [-0.2, 0) is 9.84 Å². The smallest absolute Gasteiger partial charge is 0.497 e. The van der Waals surface area contributed by atoms with Crippen LogP contribution in [0.15, 0.2) is 58.6 Å². The number of aromatic amines is 1. The molecule has 10 nitrogen and oxygen atoms in total. The van der Waals surface area contributed by atoms with Crippen molar-refractivity contribution in [3.63, 3.8) is 0 Å². The quantitative estimate of drug-likeness (QED) is 0.444. The van der Waals surface area contributed by atoms with Crippen LogP contribution in [-0.4, -0.2) is 46.5 Å². The van der Waals surface area contributed by atoms with Gasteiger partial charge in [0.2, 0.25) is 15.8 Å². The number of hydrogen-bond donors (Lipinski definition) is 2. The summed E-state index contributed by atoms with van der Waals surface area (Å²) in [7, 11) is -2.41. The molecule has 2 aromatic carbocycles. The number of benzene rings is 2. The molecule has 0 saturated carbocycles. The van der Waals surface area contributed by atoms with E-state index in [4.69, 9.17) is 21.4 Å². The third kappa shape index (κ3) is 3.55. The highest BCUT2D eigenvalue weighted by molar-refractivity contribution is 7.91. The minimum absolute atomic E-state index is 0.00348. The van der Waals surface area contributed by atoms with Crippen LogP contribution >= 0.6 is 11.6 Å². The second-order valence-electron chi connectivity index (χ2n) is 6.03. The zero-order valence-corrected chi connectivity index (χ0v) is 16.8. The van der Waals surface area contributed by atoms with Crippen LogP contribution in [0, 0.1) is 0 Å². The van der Waals surface area contributed by atoms with E-state index in [9.17, 15) is 13.2 Å².